The molecule has 1 amide bonds. The highest BCUT2D eigenvalue weighted by atomic mass is 35.5. The van der Waals surface area contributed by atoms with Gasteiger partial charge in [-0.3, -0.25) is 4.79 Å². The molecule has 164 valence electrons. The fourth-order valence-electron chi connectivity index (χ4n) is 2.93. The third-order valence-electron chi connectivity index (χ3n) is 4.50. The molecule has 2 aromatic carbocycles. The highest BCUT2D eigenvalue weighted by Gasteiger charge is 2.22. The summed E-state index contributed by atoms with van der Waals surface area (Å²) in [6, 6.07) is 13.0. The van der Waals surface area contributed by atoms with Crippen LogP contribution in [0.2, 0.25) is 10.0 Å². The summed E-state index contributed by atoms with van der Waals surface area (Å²) in [5, 5.41) is 8.93. The molecule has 0 saturated carbocycles. The van der Waals surface area contributed by atoms with E-state index >= 15 is 0 Å². The van der Waals surface area contributed by atoms with Gasteiger partial charge in [0.15, 0.2) is 9.84 Å². The molecular weight excluding hydrogens is 461 g/mol. The average molecular weight is 482 g/mol. The van der Waals surface area contributed by atoms with Crippen LogP contribution in [0.3, 0.4) is 0 Å². The van der Waals surface area contributed by atoms with E-state index in [2.05, 4.69) is 10.2 Å². The van der Waals surface area contributed by atoms with Crippen molar-refractivity contribution in [3.8, 4) is 11.5 Å². The largest absolute Gasteiger partial charge is 0.419 e. The summed E-state index contributed by atoms with van der Waals surface area (Å²) in [7, 11) is -3.60. The maximum Gasteiger partial charge on any atom is 0.249 e. The number of sulfone groups is 1. The summed E-state index contributed by atoms with van der Waals surface area (Å²) in [6.45, 7) is 2.45. The van der Waals surface area contributed by atoms with E-state index in [1.807, 2.05) is 6.92 Å². The molecule has 0 aliphatic heterocycles. The van der Waals surface area contributed by atoms with Crippen molar-refractivity contribution in [2.24, 2.45) is 0 Å². The lowest BCUT2D eigenvalue weighted by Crippen LogP contribution is -2.32. The molecule has 0 aliphatic carbocycles. The summed E-state index contributed by atoms with van der Waals surface area (Å²) in [4.78, 5) is 14.4. The number of nitrogens with zero attached hydrogens (tertiary/aromatic N) is 3. The summed E-state index contributed by atoms with van der Waals surface area (Å²) >= 11 is 12.0. The maximum absolute atomic E-state index is 12.7. The lowest BCUT2D eigenvalue weighted by Gasteiger charge is -2.20. The predicted molar refractivity (Wildman–Crippen MR) is 119 cm³/mol. The normalized spacial score (nSPS) is 11.5. The van der Waals surface area contributed by atoms with Crippen LogP contribution in [0.4, 0.5) is 0 Å². The molecule has 0 fully saturated rings. The van der Waals surface area contributed by atoms with Crippen LogP contribution in [-0.2, 0) is 21.2 Å². The van der Waals surface area contributed by atoms with Gasteiger partial charge in [-0.15, -0.1) is 10.2 Å². The van der Waals surface area contributed by atoms with Crippen LogP contribution in [0.1, 0.15) is 25.7 Å². The fourth-order valence-corrected chi connectivity index (χ4v) is 4.50. The Kier molecular flexibility index (Phi) is 7.69. The predicted octanol–water partition coefficient (Wildman–Crippen LogP) is 4.65. The van der Waals surface area contributed by atoms with Gasteiger partial charge in [-0.25, -0.2) is 8.42 Å². The molecule has 0 aliphatic rings. The molecule has 7 nitrogen and oxygen atoms in total. The highest BCUT2D eigenvalue weighted by molar-refractivity contribution is 7.91. The fraction of sp³-hybridized carbons (Fsp3) is 0.286. The Morgan fingerprint density at radius 1 is 1.06 bits per heavy atom. The molecule has 3 rings (SSSR count). The second kappa shape index (κ2) is 10.3. The summed E-state index contributed by atoms with van der Waals surface area (Å²) in [6.07, 6.45) is 0.539. The molecule has 3 aromatic rings. The lowest BCUT2D eigenvalue weighted by atomic mass is 10.2. The third-order valence-corrected chi connectivity index (χ3v) is 6.81. The van der Waals surface area contributed by atoms with Crippen molar-refractivity contribution >= 4 is 38.9 Å². The van der Waals surface area contributed by atoms with E-state index in [1.165, 1.54) is 29.2 Å². The second-order valence-electron chi connectivity index (χ2n) is 6.82. The Bertz CT molecular complexity index is 1150. The van der Waals surface area contributed by atoms with Crippen LogP contribution in [0.25, 0.3) is 11.5 Å². The van der Waals surface area contributed by atoms with Crippen LogP contribution in [0.15, 0.2) is 57.8 Å². The smallest absolute Gasteiger partial charge is 0.249 e. The van der Waals surface area contributed by atoms with Crippen molar-refractivity contribution in [1.82, 2.24) is 15.1 Å². The Labute approximate surface area is 190 Å². The van der Waals surface area contributed by atoms with Gasteiger partial charge >= 0.3 is 0 Å². The average Bonchev–Trinajstić information content (AvgIpc) is 3.21. The molecule has 1 aromatic heterocycles. The van der Waals surface area contributed by atoms with E-state index in [-0.39, 0.29) is 41.3 Å². The Balaban J connectivity index is 1.67. The number of rotatable bonds is 9. The SMILES string of the molecule is CCCN(Cc1nnc(-c2ccccc2Cl)o1)C(=O)CCS(=O)(=O)c1ccc(Cl)cc1. The number of carbonyl (C=O) groups excluding carboxylic acids is 1. The Morgan fingerprint density at radius 3 is 2.45 bits per heavy atom. The molecular formula is C21H21Cl2N3O4S. The van der Waals surface area contributed by atoms with Gasteiger partial charge in [0.25, 0.3) is 0 Å². The van der Waals surface area contributed by atoms with Gasteiger partial charge in [-0.05, 0) is 42.8 Å². The molecule has 1 heterocycles. The van der Waals surface area contributed by atoms with Crippen LogP contribution in [0, 0.1) is 0 Å². The van der Waals surface area contributed by atoms with Crippen molar-refractivity contribution < 1.29 is 17.6 Å². The van der Waals surface area contributed by atoms with Gasteiger partial charge in [0, 0.05) is 18.0 Å². The summed E-state index contributed by atoms with van der Waals surface area (Å²) in [5.74, 6) is -0.105. The minimum absolute atomic E-state index is 0.0884. The molecule has 0 saturated heterocycles. The molecule has 0 spiro atoms. The number of hydrogen-bond acceptors (Lipinski definition) is 6. The number of halogens is 2. The van der Waals surface area contributed by atoms with E-state index in [9.17, 15) is 13.2 Å². The molecule has 10 heteroatoms. The van der Waals surface area contributed by atoms with Crippen LogP contribution >= 0.6 is 23.2 Å². The first-order valence-electron chi connectivity index (χ1n) is 9.63. The van der Waals surface area contributed by atoms with E-state index in [0.717, 1.165) is 0 Å². The number of benzene rings is 2. The summed E-state index contributed by atoms with van der Waals surface area (Å²) < 4.78 is 30.7. The molecule has 0 radical (unpaired) electrons. The minimum Gasteiger partial charge on any atom is -0.419 e. The summed E-state index contributed by atoms with van der Waals surface area (Å²) in [5.41, 5.74) is 0.602. The third kappa shape index (κ3) is 6.06. The van der Waals surface area contributed by atoms with E-state index in [1.54, 1.807) is 24.3 Å². The molecule has 0 N–H and O–H groups in total. The van der Waals surface area contributed by atoms with Crippen molar-refractivity contribution in [1.29, 1.82) is 0 Å². The topological polar surface area (TPSA) is 93.4 Å². The zero-order chi connectivity index (χ0) is 22.4. The number of amides is 1. The first kappa shape index (κ1) is 23.2. The van der Waals surface area contributed by atoms with E-state index in [0.29, 0.717) is 28.6 Å². The van der Waals surface area contributed by atoms with Gasteiger partial charge in [-0.1, -0.05) is 42.3 Å². The Morgan fingerprint density at radius 2 is 1.77 bits per heavy atom. The van der Waals surface area contributed by atoms with Gasteiger partial charge in [0.1, 0.15) is 0 Å². The Hall–Kier alpha value is -2.42. The van der Waals surface area contributed by atoms with Gasteiger partial charge < -0.3 is 9.32 Å². The molecule has 0 bridgehead atoms. The second-order valence-corrected chi connectivity index (χ2v) is 9.77. The maximum atomic E-state index is 12.7. The lowest BCUT2D eigenvalue weighted by molar-refractivity contribution is -0.131. The first-order chi connectivity index (χ1) is 14.8. The quantitative estimate of drug-likeness (QED) is 0.441. The van der Waals surface area contributed by atoms with Gasteiger partial charge in [0.2, 0.25) is 17.7 Å². The van der Waals surface area contributed by atoms with Crippen molar-refractivity contribution in [2.45, 2.75) is 31.2 Å². The van der Waals surface area contributed by atoms with Crippen LogP contribution < -0.4 is 0 Å². The molecule has 0 unspecified atom stereocenters. The number of aromatic nitrogens is 2. The monoisotopic (exact) mass is 481 g/mol. The van der Waals surface area contributed by atoms with Crippen molar-refractivity contribution in [3.63, 3.8) is 0 Å². The molecule has 31 heavy (non-hydrogen) atoms. The van der Waals surface area contributed by atoms with Crippen molar-refractivity contribution in [3.05, 3.63) is 64.5 Å². The number of carbonyl (C=O) groups is 1. The highest BCUT2D eigenvalue weighted by Crippen LogP contribution is 2.26. The van der Waals surface area contributed by atoms with E-state index < -0.39 is 9.84 Å². The van der Waals surface area contributed by atoms with Gasteiger partial charge in [0.05, 0.1) is 27.8 Å². The van der Waals surface area contributed by atoms with Crippen LogP contribution in [-0.4, -0.2) is 41.7 Å². The minimum atomic E-state index is -3.60. The molecule has 0 atom stereocenters. The first-order valence-corrected chi connectivity index (χ1v) is 12.0. The zero-order valence-corrected chi connectivity index (χ0v) is 19.1. The van der Waals surface area contributed by atoms with Gasteiger partial charge in [-0.2, -0.15) is 0 Å². The van der Waals surface area contributed by atoms with E-state index in [4.69, 9.17) is 27.6 Å². The van der Waals surface area contributed by atoms with Crippen molar-refractivity contribution in [2.75, 3.05) is 12.3 Å². The van der Waals surface area contributed by atoms with Crippen LogP contribution in [0.5, 0.6) is 0 Å². The standard InChI is InChI=1S/C21H21Cl2N3O4S/c1-2-12-26(14-19-24-25-21(30-19)17-5-3-4-6-18(17)23)20(27)11-13-31(28,29)16-9-7-15(22)8-10-16/h3-10H,2,11-14H2,1H3. The number of hydrogen-bond donors (Lipinski definition) is 0. The zero-order valence-electron chi connectivity index (χ0n) is 16.8.